The van der Waals surface area contributed by atoms with Gasteiger partial charge < -0.3 is 15.8 Å². The number of nitrogens with one attached hydrogen (secondary N) is 1. The van der Waals surface area contributed by atoms with E-state index in [1.54, 1.807) is 26.0 Å². The zero-order valence-electron chi connectivity index (χ0n) is 11.4. The number of carbonyl (C=O) groups excluding carboxylic acids is 1. The van der Waals surface area contributed by atoms with Gasteiger partial charge in [-0.1, -0.05) is 0 Å². The molecule has 0 saturated carbocycles. The van der Waals surface area contributed by atoms with Crippen LogP contribution in [0.2, 0.25) is 0 Å². The quantitative estimate of drug-likeness (QED) is 0.742. The van der Waals surface area contributed by atoms with Crippen molar-refractivity contribution in [1.82, 2.24) is 5.32 Å². The van der Waals surface area contributed by atoms with Gasteiger partial charge in [0.25, 0.3) is 0 Å². The second-order valence-corrected chi connectivity index (χ2v) is 4.99. The largest absolute Gasteiger partial charge is 0.494 e. The summed E-state index contributed by atoms with van der Waals surface area (Å²) in [5.74, 6) is 0.208. The van der Waals surface area contributed by atoms with Crippen LogP contribution in [0.5, 0.6) is 5.75 Å². The lowest BCUT2D eigenvalue weighted by Crippen LogP contribution is -2.49. The molecular weight excluding hydrogens is 247 g/mol. The van der Waals surface area contributed by atoms with E-state index in [2.05, 4.69) is 5.32 Å². The van der Waals surface area contributed by atoms with Crippen LogP contribution in [-0.2, 0) is 4.79 Å². The van der Waals surface area contributed by atoms with E-state index in [1.165, 1.54) is 12.1 Å². The highest BCUT2D eigenvalue weighted by molar-refractivity contribution is 5.84. The topological polar surface area (TPSA) is 64.4 Å². The Morgan fingerprint density at radius 1 is 1.32 bits per heavy atom. The van der Waals surface area contributed by atoms with Crippen LogP contribution in [0.15, 0.2) is 24.3 Å². The average Bonchev–Trinajstić information content (AvgIpc) is 2.34. The van der Waals surface area contributed by atoms with Crippen molar-refractivity contribution in [2.45, 2.75) is 32.2 Å². The lowest BCUT2D eigenvalue weighted by Gasteiger charge is -2.17. The van der Waals surface area contributed by atoms with Crippen LogP contribution >= 0.6 is 0 Å². The summed E-state index contributed by atoms with van der Waals surface area (Å²) in [6.07, 6.45) is 1.62. The molecule has 1 rings (SSSR count). The lowest BCUT2D eigenvalue weighted by molar-refractivity contribution is -0.125. The number of rotatable bonds is 7. The SMILES string of the molecule is CC(C)(N)C(=O)NCCCCOc1ccc(F)cc1. The van der Waals surface area contributed by atoms with Crippen LogP contribution in [0.25, 0.3) is 0 Å². The van der Waals surface area contributed by atoms with E-state index < -0.39 is 5.54 Å². The molecule has 0 aliphatic rings. The number of hydrogen-bond donors (Lipinski definition) is 2. The van der Waals surface area contributed by atoms with Gasteiger partial charge in [-0.3, -0.25) is 4.79 Å². The highest BCUT2D eigenvalue weighted by atomic mass is 19.1. The summed E-state index contributed by atoms with van der Waals surface area (Å²) in [7, 11) is 0. The molecule has 0 aromatic heterocycles. The molecule has 0 bridgehead atoms. The molecule has 0 fully saturated rings. The summed E-state index contributed by atoms with van der Waals surface area (Å²) >= 11 is 0. The van der Waals surface area contributed by atoms with Gasteiger partial charge in [0.05, 0.1) is 12.1 Å². The van der Waals surface area contributed by atoms with E-state index in [0.717, 1.165) is 12.8 Å². The summed E-state index contributed by atoms with van der Waals surface area (Å²) in [4.78, 5) is 11.4. The Morgan fingerprint density at radius 3 is 2.53 bits per heavy atom. The fraction of sp³-hybridized carbons (Fsp3) is 0.500. The molecule has 0 heterocycles. The molecule has 106 valence electrons. The minimum absolute atomic E-state index is 0.160. The van der Waals surface area contributed by atoms with Crippen molar-refractivity contribution in [3.63, 3.8) is 0 Å². The molecule has 3 N–H and O–H groups in total. The Balaban J connectivity index is 2.09. The average molecular weight is 268 g/mol. The smallest absolute Gasteiger partial charge is 0.239 e. The molecule has 0 saturated heterocycles. The Labute approximate surface area is 113 Å². The van der Waals surface area contributed by atoms with Crippen molar-refractivity contribution in [1.29, 1.82) is 0 Å². The first-order valence-electron chi connectivity index (χ1n) is 6.35. The van der Waals surface area contributed by atoms with Crippen LogP contribution in [0.3, 0.4) is 0 Å². The zero-order chi connectivity index (χ0) is 14.3. The number of nitrogens with two attached hydrogens (primary N) is 1. The molecule has 0 radical (unpaired) electrons. The minimum atomic E-state index is -0.843. The normalized spacial score (nSPS) is 11.2. The molecule has 0 atom stereocenters. The first kappa shape index (κ1) is 15.4. The van der Waals surface area contributed by atoms with Crippen molar-refractivity contribution in [2.75, 3.05) is 13.2 Å². The van der Waals surface area contributed by atoms with Crippen molar-refractivity contribution in [3.05, 3.63) is 30.1 Å². The fourth-order valence-electron chi connectivity index (χ4n) is 1.38. The number of unbranched alkanes of at least 4 members (excludes halogenated alkanes) is 1. The molecule has 1 amide bonds. The van der Waals surface area contributed by atoms with Crippen LogP contribution in [-0.4, -0.2) is 24.6 Å². The summed E-state index contributed by atoms with van der Waals surface area (Å²) in [5.41, 5.74) is 4.80. The Kier molecular flexibility index (Phi) is 5.76. The van der Waals surface area contributed by atoms with E-state index in [4.69, 9.17) is 10.5 Å². The van der Waals surface area contributed by atoms with Gasteiger partial charge in [0.2, 0.25) is 5.91 Å². The van der Waals surface area contributed by atoms with Crippen molar-refractivity contribution in [3.8, 4) is 5.75 Å². The van der Waals surface area contributed by atoms with Gasteiger partial charge >= 0.3 is 0 Å². The first-order chi connectivity index (χ1) is 8.89. The second-order valence-electron chi connectivity index (χ2n) is 4.99. The lowest BCUT2D eigenvalue weighted by atomic mass is 10.1. The van der Waals surface area contributed by atoms with E-state index in [0.29, 0.717) is 18.9 Å². The molecule has 4 nitrogen and oxygen atoms in total. The first-order valence-corrected chi connectivity index (χ1v) is 6.35. The maximum Gasteiger partial charge on any atom is 0.239 e. The third kappa shape index (κ3) is 6.20. The molecule has 0 unspecified atom stereocenters. The van der Waals surface area contributed by atoms with Crippen molar-refractivity contribution in [2.24, 2.45) is 5.73 Å². The van der Waals surface area contributed by atoms with Crippen molar-refractivity contribution < 1.29 is 13.9 Å². The third-order valence-electron chi connectivity index (χ3n) is 2.52. The van der Waals surface area contributed by atoms with Gasteiger partial charge in [0, 0.05) is 6.54 Å². The predicted molar refractivity (Wildman–Crippen MR) is 72.4 cm³/mol. The van der Waals surface area contributed by atoms with Crippen LogP contribution in [0.4, 0.5) is 4.39 Å². The Morgan fingerprint density at radius 2 is 1.95 bits per heavy atom. The third-order valence-corrected chi connectivity index (χ3v) is 2.52. The number of amides is 1. The molecule has 5 heteroatoms. The maximum absolute atomic E-state index is 12.6. The highest BCUT2D eigenvalue weighted by Crippen LogP contribution is 2.11. The highest BCUT2D eigenvalue weighted by Gasteiger charge is 2.20. The van der Waals surface area contributed by atoms with Gasteiger partial charge in [0.15, 0.2) is 0 Å². The van der Waals surface area contributed by atoms with Gasteiger partial charge in [0.1, 0.15) is 11.6 Å². The van der Waals surface area contributed by atoms with E-state index >= 15 is 0 Å². The molecule has 1 aromatic carbocycles. The number of benzene rings is 1. The van der Waals surface area contributed by atoms with Crippen LogP contribution < -0.4 is 15.8 Å². The molecular formula is C14H21FN2O2. The number of ether oxygens (including phenoxy) is 1. The minimum Gasteiger partial charge on any atom is -0.494 e. The molecule has 1 aromatic rings. The molecule has 19 heavy (non-hydrogen) atoms. The van der Waals surface area contributed by atoms with Gasteiger partial charge in [-0.05, 0) is 51.0 Å². The predicted octanol–water partition coefficient (Wildman–Crippen LogP) is 1.84. The maximum atomic E-state index is 12.6. The molecule has 0 spiro atoms. The second kappa shape index (κ2) is 7.09. The molecule has 0 aliphatic heterocycles. The van der Waals surface area contributed by atoms with Crippen LogP contribution in [0, 0.1) is 5.82 Å². The number of hydrogen-bond acceptors (Lipinski definition) is 3. The van der Waals surface area contributed by atoms with Crippen molar-refractivity contribution >= 4 is 5.91 Å². The Hall–Kier alpha value is -1.62. The zero-order valence-corrected chi connectivity index (χ0v) is 11.4. The van der Waals surface area contributed by atoms with Gasteiger partial charge in [-0.2, -0.15) is 0 Å². The standard InChI is InChI=1S/C14H21FN2O2/c1-14(2,16)13(18)17-9-3-4-10-19-12-7-5-11(15)6-8-12/h5-8H,3-4,9-10,16H2,1-2H3,(H,17,18). The summed E-state index contributed by atoms with van der Waals surface area (Å²) in [5, 5.41) is 2.76. The number of halogens is 1. The number of carbonyl (C=O) groups is 1. The van der Waals surface area contributed by atoms with Crippen LogP contribution in [0.1, 0.15) is 26.7 Å². The van der Waals surface area contributed by atoms with E-state index in [1.807, 2.05) is 0 Å². The fourth-order valence-corrected chi connectivity index (χ4v) is 1.38. The van der Waals surface area contributed by atoms with E-state index in [9.17, 15) is 9.18 Å². The van der Waals surface area contributed by atoms with Gasteiger partial charge in [-0.25, -0.2) is 4.39 Å². The summed E-state index contributed by atoms with van der Waals surface area (Å²) in [6, 6.07) is 5.90. The van der Waals surface area contributed by atoms with Gasteiger partial charge in [-0.15, -0.1) is 0 Å². The monoisotopic (exact) mass is 268 g/mol. The Bertz CT molecular complexity index is 399. The van der Waals surface area contributed by atoms with E-state index in [-0.39, 0.29) is 11.7 Å². The summed E-state index contributed by atoms with van der Waals surface area (Å²) < 4.78 is 18.1. The summed E-state index contributed by atoms with van der Waals surface area (Å²) in [6.45, 7) is 4.44. The molecule has 0 aliphatic carbocycles.